The van der Waals surface area contributed by atoms with E-state index < -0.39 is 0 Å². The highest BCUT2D eigenvalue weighted by molar-refractivity contribution is 5.83. The van der Waals surface area contributed by atoms with Crippen LogP contribution in [0.1, 0.15) is 31.2 Å². The summed E-state index contributed by atoms with van der Waals surface area (Å²) in [6, 6.07) is 18.6. The zero-order valence-corrected chi connectivity index (χ0v) is 16.3. The zero-order chi connectivity index (χ0) is 19.3. The molecule has 0 unspecified atom stereocenters. The van der Waals surface area contributed by atoms with E-state index in [0.717, 1.165) is 42.4 Å². The van der Waals surface area contributed by atoms with Gasteiger partial charge in [0.15, 0.2) is 0 Å². The van der Waals surface area contributed by atoms with Crippen molar-refractivity contribution in [1.29, 1.82) is 0 Å². The maximum Gasteiger partial charge on any atom is 0.225 e. The van der Waals surface area contributed by atoms with Crippen molar-refractivity contribution in [2.75, 3.05) is 19.6 Å². The molecule has 2 amide bonds. The number of carbonyl (C=O) groups excluding carboxylic acids is 2. The van der Waals surface area contributed by atoms with Crippen molar-refractivity contribution >= 4 is 11.8 Å². The van der Waals surface area contributed by atoms with Crippen LogP contribution in [0.3, 0.4) is 0 Å². The van der Waals surface area contributed by atoms with Crippen molar-refractivity contribution in [3.05, 3.63) is 60.2 Å². The molecule has 0 radical (unpaired) electrons. The molecule has 1 N–H and O–H groups in total. The Morgan fingerprint density at radius 1 is 1.00 bits per heavy atom. The van der Waals surface area contributed by atoms with Crippen LogP contribution in [0.5, 0.6) is 0 Å². The normalized spacial score (nSPS) is 20.6. The molecule has 4 nitrogen and oxygen atoms in total. The van der Waals surface area contributed by atoms with Crippen LogP contribution in [-0.4, -0.2) is 36.3 Å². The lowest BCUT2D eigenvalue weighted by atomic mass is 9.91. The third-order valence-electron chi connectivity index (χ3n) is 6.08. The van der Waals surface area contributed by atoms with Crippen LogP contribution < -0.4 is 5.32 Å². The second-order valence-electron chi connectivity index (χ2n) is 7.98. The summed E-state index contributed by atoms with van der Waals surface area (Å²) in [5.41, 5.74) is 3.48. The van der Waals surface area contributed by atoms with Crippen LogP contribution in [0.4, 0.5) is 0 Å². The van der Waals surface area contributed by atoms with E-state index in [1.807, 2.05) is 35.2 Å². The number of rotatable bonds is 4. The molecule has 2 fully saturated rings. The number of hydrogen-bond acceptors (Lipinski definition) is 2. The van der Waals surface area contributed by atoms with Crippen LogP contribution in [0.25, 0.3) is 11.1 Å². The smallest absolute Gasteiger partial charge is 0.225 e. The summed E-state index contributed by atoms with van der Waals surface area (Å²) in [4.78, 5) is 27.6. The van der Waals surface area contributed by atoms with Crippen LogP contribution in [0.2, 0.25) is 0 Å². The van der Waals surface area contributed by atoms with Gasteiger partial charge in [0.25, 0.3) is 0 Å². The molecule has 28 heavy (non-hydrogen) atoms. The molecule has 1 heterocycles. The Kier molecular flexibility index (Phi) is 5.75. The average Bonchev–Trinajstić information content (AvgIpc) is 3.21. The highest BCUT2D eigenvalue weighted by atomic mass is 16.2. The van der Waals surface area contributed by atoms with E-state index in [4.69, 9.17) is 0 Å². The predicted octanol–water partition coefficient (Wildman–Crippen LogP) is 3.66. The topological polar surface area (TPSA) is 49.4 Å². The molecule has 2 aromatic rings. The minimum absolute atomic E-state index is 0.0598. The standard InChI is InChI=1S/C24H28N2O2/c27-23-21(17-26(15-14-25-23)24(28)19-10-4-5-11-19)16-20-12-6-7-13-22(20)18-8-2-1-3-9-18/h1-3,6-9,12-13,19,21H,4-5,10-11,14-17H2,(H,25,27)/t21-/m1/s1. The fraction of sp³-hybridized carbons (Fsp3) is 0.417. The molecule has 1 saturated heterocycles. The third kappa shape index (κ3) is 4.11. The van der Waals surface area contributed by atoms with Crippen LogP contribution in [0, 0.1) is 11.8 Å². The monoisotopic (exact) mass is 376 g/mol. The lowest BCUT2D eigenvalue weighted by Crippen LogP contribution is -2.40. The van der Waals surface area contributed by atoms with Crippen LogP contribution in [0.15, 0.2) is 54.6 Å². The molecule has 0 aromatic heterocycles. The van der Waals surface area contributed by atoms with E-state index in [2.05, 4.69) is 29.6 Å². The number of benzene rings is 2. The van der Waals surface area contributed by atoms with E-state index >= 15 is 0 Å². The van der Waals surface area contributed by atoms with E-state index in [1.54, 1.807) is 0 Å². The van der Waals surface area contributed by atoms with Gasteiger partial charge in [-0.25, -0.2) is 0 Å². The van der Waals surface area contributed by atoms with Crippen LogP contribution >= 0.6 is 0 Å². The molecule has 1 saturated carbocycles. The molecular weight excluding hydrogens is 348 g/mol. The number of nitrogens with zero attached hydrogens (tertiary/aromatic N) is 1. The van der Waals surface area contributed by atoms with Crippen molar-refractivity contribution in [2.24, 2.45) is 11.8 Å². The Hall–Kier alpha value is -2.62. The van der Waals surface area contributed by atoms with Gasteiger partial charge in [-0.3, -0.25) is 9.59 Å². The van der Waals surface area contributed by atoms with Crippen molar-refractivity contribution in [1.82, 2.24) is 10.2 Å². The number of carbonyl (C=O) groups is 2. The molecule has 1 aliphatic heterocycles. The summed E-state index contributed by atoms with van der Waals surface area (Å²) in [6.07, 6.45) is 4.94. The third-order valence-corrected chi connectivity index (χ3v) is 6.08. The number of hydrogen-bond donors (Lipinski definition) is 1. The maximum absolute atomic E-state index is 12.9. The first-order valence-corrected chi connectivity index (χ1v) is 10.4. The largest absolute Gasteiger partial charge is 0.354 e. The Labute approximate surface area is 166 Å². The second-order valence-corrected chi connectivity index (χ2v) is 7.98. The van der Waals surface area contributed by atoms with E-state index in [9.17, 15) is 9.59 Å². The molecule has 1 aliphatic carbocycles. The molecule has 4 heteroatoms. The van der Waals surface area contributed by atoms with E-state index in [1.165, 1.54) is 0 Å². The van der Waals surface area contributed by atoms with Gasteiger partial charge in [0.2, 0.25) is 11.8 Å². The summed E-state index contributed by atoms with van der Waals surface area (Å²) in [5.74, 6) is 0.253. The molecule has 0 spiro atoms. The van der Waals surface area contributed by atoms with Crippen molar-refractivity contribution in [2.45, 2.75) is 32.1 Å². The minimum Gasteiger partial charge on any atom is -0.354 e. The zero-order valence-electron chi connectivity index (χ0n) is 16.3. The van der Waals surface area contributed by atoms with Gasteiger partial charge in [-0.2, -0.15) is 0 Å². The van der Waals surface area contributed by atoms with Gasteiger partial charge in [0.05, 0.1) is 5.92 Å². The molecule has 2 aromatic carbocycles. The van der Waals surface area contributed by atoms with Gasteiger partial charge in [-0.15, -0.1) is 0 Å². The average molecular weight is 376 g/mol. The fourth-order valence-electron chi connectivity index (χ4n) is 4.55. The summed E-state index contributed by atoms with van der Waals surface area (Å²) in [6.45, 7) is 1.69. The Morgan fingerprint density at radius 2 is 1.71 bits per heavy atom. The van der Waals surface area contributed by atoms with E-state index in [-0.39, 0.29) is 23.7 Å². The first-order valence-electron chi connectivity index (χ1n) is 10.4. The van der Waals surface area contributed by atoms with Gasteiger partial charge >= 0.3 is 0 Å². The Morgan fingerprint density at radius 3 is 2.50 bits per heavy atom. The highest BCUT2D eigenvalue weighted by Gasteiger charge is 2.32. The predicted molar refractivity (Wildman–Crippen MR) is 111 cm³/mol. The first kappa shape index (κ1) is 18.7. The molecule has 1 atom stereocenters. The molecule has 2 aliphatic rings. The second kappa shape index (κ2) is 8.59. The summed E-state index contributed by atoms with van der Waals surface area (Å²) >= 11 is 0. The van der Waals surface area contributed by atoms with Crippen molar-refractivity contribution < 1.29 is 9.59 Å². The highest BCUT2D eigenvalue weighted by Crippen LogP contribution is 2.29. The quantitative estimate of drug-likeness (QED) is 0.885. The first-order chi connectivity index (χ1) is 13.7. The minimum atomic E-state index is -0.210. The molecule has 4 rings (SSSR count). The SMILES string of the molecule is O=C1NCCN(C(=O)C2CCCC2)C[C@H]1Cc1ccccc1-c1ccccc1. The summed E-state index contributed by atoms with van der Waals surface area (Å²) in [5, 5.41) is 3.02. The van der Waals surface area contributed by atoms with Gasteiger partial charge in [0.1, 0.15) is 0 Å². The summed E-state index contributed by atoms with van der Waals surface area (Å²) in [7, 11) is 0. The Bertz CT molecular complexity index is 828. The maximum atomic E-state index is 12.9. The number of amides is 2. The molecule has 146 valence electrons. The van der Waals surface area contributed by atoms with Gasteiger partial charge in [0, 0.05) is 25.6 Å². The van der Waals surface area contributed by atoms with Gasteiger partial charge in [-0.1, -0.05) is 67.4 Å². The van der Waals surface area contributed by atoms with Crippen LogP contribution in [-0.2, 0) is 16.0 Å². The fourth-order valence-corrected chi connectivity index (χ4v) is 4.55. The van der Waals surface area contributed by atoms with Crippen molar-refractivity contribution in [3.63, 3.8) is 0 Å². The number of nitrogens with one attached hydrogen (secondary N) is 1. The summed E-state index contributed by atoms with van der Waals surface area (Å²) < 4.78 is 0. The van der Waals surface area contributed by atoms with Gasteiger partial charge < -0.3 is 10.2 Å². The molecular formula is C24H28N2O2. The van der Waals surface area contributed by atoms with Crippen molar-refractivity contribution in [3.8, 4) is 11.1 Å². The Balaban J connectivity index is 1.54. The van der Waals surface area contributed by atoms with E-state index in [0.29, 0.717) is 26.1 Å². The molecule has 0 bridgehead atoms. The van der Waals surface area contributed by atoms with Gasteiger partial charge in [-0.05, 0) is 36.0 Å². The lowest BCUT2D eigenvalue weighted by molar-refractivity contribution is -0.136. The lowest BCUT2D eigenvalue weighted by Gasteiger charge is -2.26.